The molecule has 0 nitrogen and oxygen atoms in total. The van der Waals surface area contributed by atoms with Crippen LogP contribution in [0.2, 0.25) is 11.6 Å². The molecule has 1 aliphatic rings. The van der Waals surface area contributed by atoms with Gasteiger partial charge in [0.15, 0.2) is 0 Å². The summed E-state index contributed by atoms with van der Waals surface area (Å²) in [5, 5.41) is 1.71. The molecule has 0 spiro atoms. The van der Waals surface area contributed by atoms with E-state index in [1.54, 1.807) is 10.8 Å². The van der Waals surface area contributed by atoms with E-state index in [2.05, 4.69) is 38.1 Å². The molecule has 1 heterocycles. The van der Waals surface area contributed by atoms with Crippen LogP contribution in [-0.4, -0.2) is 8.80 Å². The van der Waals surface area contributed by atoms with Crippen LogP contribution in [0.4, 0.5) is 0 Å². The van der Waals surface area contributed by atoms with Crippen molar-refractivity contribution in [1.29, 1.82) is 0 Å². The van der Waals surface area contributed by atoms with Crippen molar-refractivity contribution in [3.05, 3.63) is 29.8 Å². The molecule has 1 aliphatic heterocycles. The van der Waals surface area contributed by atoms with Crippen LogP contribution in [-0.2, 0) is 6.42 Å². The predicted octanol–water partition coefficient (Wildman–Crippen LogP) is 2.35. The Kier molecular flexibility index (Phi) is 2.05. The highest BCUT2D eigenvalue weighted by atomic mass is 28.3. The normalized spacial score (nSPS) is 16.9. The summed E-state index contributed by atoms with van der Waals surface area (Å²) in [5.41, 5.74) is 2.53. The third kappa shape index (κ3) is 1.22. The Labute approximate surface area is 76.2 Å². The lowest BCUT2D eigenvalue weighted by Gasteiger charge is -2.12. The smallest absolute Gasteiger partial charge is 0.0650 e. The standard InChI is InChI=1S/C11H15Si/c1-9(2)12-8-7-10-5-3-4-6-11(10)12/h3-6,9H,7-8H2,1-2H3. The summed E-state index contributed by atoms with van der Waals surface area (Å²) >= 11 is 0. The Balaban J connectivity index is 2.36. The largest absolute Gasteiger partial charge is 0.0890 e. The van der Waals surface area contributed by atoms with E-state index >= 15 is 0 Å². The van der Waals surface area contributed by atoms with Gasteiger partial charge in [-0.2, -0.15) is 0 Å². The third-order valence-electron chi connectivity index (χ3n) is 2.72. The molecule has 0 aromatic heterocycles. The van der Waals surface area contributed by atoms with E-state index in [0.717, 1.165) is 5.54 Å². The van der Waals surface area contributed by atoms with Gasteiger partial charge in [0.05, 0.1) is 8.80 Å². The highest BCUT2D eigenvalue weighted by Gasteiger charge is 2.25. The van der Waals surface area contributed by atoms with Crippen LogP contribution in [0.5, 0.6) is 0 Å². The summed E-state index contributed by atoms with van der Waals surface area (Å²) < 4.78 is 0. The number of rotatable bonds is 1. The number of aryl methyl sites for hydroxylation is 1. The van der Waals surface area contributed by atoms with E-state index in [1.165, 1.54) is 12.5 Å². The molecule has 1 aromatic carbocycles. The monoisotopic (exact) mass is 175 g/mol. The molecule has 0 N–H and O–H groups in total. The molecule has 12 heavy (non-hydrogen) atoms. The molecule has 0 bridgehead atoms. The maximum absolute atomic E-state index is 2.37. The topological polar surface area (TPSA) is 0 Å². The van der Waals surface area contributed by atoms with Gasteiger partial charge in [-0.1, -0.05) is 49.3 Å². The van der Waals surface area contributed by atoms with Gasteiger partial charge in [0, 0.05) is 0 Å². The highest BCUT2D eigenvalue weighted by molar-refractivity contribution is 6.76. The molecule has 1 radical (unpaired) electrons. The Hall–Kier alpha value is -0.563. The first kappa shape index (κ1) is 8.05. The fourth-order valence-corrected chi connectivity index (χ4v) is 4.99. The second kappa shape index (κ2) is 3.06. The summed E-state index contributed by atoms with van der Waals surface area (Å²) in [4.78, 5) is 0. The Bertz CT molecular complexity index is 278. The van der Waals surface area contributed by atoms with E-state index in [4.69, 9.17) is 0 Å². The van der Waals surface area contributed by atoms with Gasteiger partial charge in [-0.3, -0.25) is 0 Å². The quantitative estimate of drug-likeness (QED) is 0.575. The van der Waals surface area contributed by atoms with Gasteiger partial charge in [0.1, 0.15) is 0 Å². The van der Waals surface area contributed by atoms with Gasteiger partial charge >= 0.3 is 0 Å². The summed E-state index contributed by atoms with van der Waals surface area (Å²) in [6.45, 7) is 4.74. The summed E-state index contributed by atoms with van der Waals surface area (Å²) in [6, 6.07) is 10.5. The van der Waals surface area contributed by atoms with Crippen LogP contribution < -0.4 is 5.19 Å². The molecular formula is C11H15Si. The van der Waals surface area contributed by atoms with Gasteiger partial charge in [-0.25, -0.2) is 0 Å². The Morgan fingerprint density at radius 3 is 2.75 bits per heavy atom. The van der Waals surface area contributed by atoms with E-state index in [-0.39, 0.29) is 8.80 Å². The average molecular weight is 175 g/mol. The average Bonchev–Trinajstić information content (AvgIpc) is 2.47. The maximum atomic E-state index is 2.37. The molecule has 63 valence electrons. The molecule has 2 rings (SSSR count). The summed E-state index contributed by atoms with van der Waals surface area (Å²) in [6.07, 6.45) is 1.34. The van der Waals surface area contributed by atoms with Crippen LogP contribution in [0.25, 0.3) is 0 Å². The van der Waals surface area contributed by atoms with E-state index in [9.17, 15) is 0 Å². The van der Waals surface area contributed by atoms with Crippen LogP contribution >= 0.6 is 0 Å². The van der Waals surface area contributed by atoms with Gasteiger partial charge < -0.3 is 0 Å². The fourth-order valence-electron chi connectivity index (χ4n) is 2.06. The highest BCUT2D eigenvalue weighted by Crippen LogP contribution is 2.21. The molecule has 0 amide bonds. The lowest BCUT2D eigenvalue weighted by molar-refractivity contribution is 1.02. The zero-order valence-corrected chi connectivity index (χ0v) is 8.80. The van der Waals surface area contributed by atoms with Gasteiger partial charge in [0.25, 0.3) is 0 Å². The van der Waals surface area contributed by atoms with Crippen molar-refractivity contribution in [3.8, 4) is 0 Å². The van der Waals surface area contributed by atoms with E-state index in [0.29, 0.717) is 0 Å². The van der Waals surface area contributed by atoms with Crippen molar-refractivity contribution < 1.29 is 0 Å². The lowest BCUT2D eigenvalue weighted by atomic mass is 10.2. The van der Waals surface area contributed by atoms with Crippen molar-refractivity contribution in [1.82, 2.24) is 0 Å². The molecule has 1 heteroatoms. The lowest BCUT2D eigenvalue weighted by Crippen LogP contribution is -2.28. The van der Waals surface area contributed by atoms with E-state index < -0.39 is 0 Å². The summed E-state index contributed by atoms with van der Waals surface area (Å²) in [7, 11) is -0.186. The van der Waals surface area contributed by atoms with Crippen molar-refractivity contribution in [2.45, 2.75) is 31.9 Å². The minimum Gasteiger partial charge on any atom is -0.0650 e. The Morgan fingerprint density at radius 1 is 1.25 bits per heavy atom. The minimum atomic E-state index is -0.186. The molecule has 0 fully saturated rings. The van der Waals surface area contributed by atoms with Gasteiger partial charge in [-0.05, 0) is 17.5 Å². The zero-order valence-electron chi connectivity index (χ0n) is 7.80. The number of fused-ring (bicyclic) bond motifs is 1. The SMILES string of the molecule is CC(C)[Si]1CCc2ccccc21. The molecular weight excluding hydrogens is 160 g/mol. The zero-order chi connectivity index (χ0) is 8.55. The minimum absolute atomic E-state index is 0.186. The van der Waals surface area contributed by atoms with Crippen molar-refractivity contribution in [2.24, 2.45) is 0 Å². The number of hydrogen-bond donors (Lipinski definition) is 0. The third-order valence-corrected chi connectivity index (χ3v) is 6.09. The van der Waals surface area contributed by atoms with Crippen molar-refractivity contribution in [3.63, 3.8) is 0 Å². The summed E-state index contributed by atoms with van der Waals surface area (Å²) in [5.74, 6) is 0. The van der Waals surface area contributed by atoms with Crippen LogP contribution in [0, 0.1) is 0 Å². The number of benzene rings is 1. The maximum Gasteiger partial charge on any atom is 0.0890 e. The van der Waals surface area contributed by atoms with E-state index in [1.807, 2.05) is 0 Å². The van der Waals surface area contributed by atoms with Crippen LogP contribution in [0.1, 0.15) is 19.4 Å². The van der Waals surface area contributed by atoms with Crippen molar-refractivity contribution in [2.75, 3.05) is 0 Å². The molecule has 0 aliphatic carbocycles. The first-order valence-corrected chi connectivity index (χ1v) is 6.51. The molecule has 1 aromatic rings. The first-order valence-electron chi connectivity index (χ1n) is 4.73. The van der Waals surface area contributed by atoms with Gasteiger partial charge in [-0.15, -0.1) is 0 Å². The van der Waals surface area contributed by atoms with Crippen LogP contribution in [0.15, 0.2) is 24.3 Å². The molecule has 0 saturated heterocycles. The first-order chi connectivity index (χ1) is 5.79. The van der Waals surface area contributed by atoms with Crippen molar-refractivity contribution >= 4 is 14.0 Å². The number of hydrogen-bond acceptors (Lipinski definition) is 0. The Morgan fingerprint density at radius 2 is 2.00 bits per heavy atom. The second-order valence-electron chi connectivity index (χ2n) is 3.84. The van der Waals surface area contributed by atoms with Gasteiger partial charge in [0.2, 0.25) is 0 Å². The molecule has 0 saturated carbocycles. The predicted molar refractivity (Wildman–Crippen MR) is 55.4 cm³/mol. The molecule has 0 atom stereocenters. The second-order valence-corrected chi connectivity index (χ2v) is 7.08. The van der Waals surface area contributed by atoms with Crippen LogP contribution in [0.3, 0.4) is 0 Å². The molecule has 0 unspecified atom stereocenters. The fraction of sp³-hybridized carbons (Fsp3) is 0.455.